The molecule has 0 amide bonds. The van der Waals surface area contributed by atoms with E-state index in [1.807, 2.05) is 24.4 Å². The number of hydrogen-bond donors (Lipinski definition) is 3. The summed E-state index contributed by atoms with van der Waals surface area (Å²) in [4.78, 5) is 12.1. The number of guanidine groups is 1. The number of H-pyrrole nitrogens is 1. The number of imidazole rings is 1. The normalized spacial score (nSPS) is 15.8. The average molecular weight is 547 g/mol. The van der Waals surface area contributed by atoms with Crippen molar-refractivity contribution in [3.63, 3.8) is 0 Å². The summed E-state index contributed by atoms with van der Waals surface area (Å²) in [5, 5.41) is 6.67. The zero-order valence-corrected chi connectivity index (χ0v) is 20.8. The number of hydrogen-bond acceptors (Lipinski definition) is 4. The molecule has 7 nitrogen and oxygen atoms in total. The lowest BCUT2D eigenvalue weighted by atomic mass is 10.1. The molecular weight excluding hydrogens is 517 g/mol. The summed E-state index contributed by atoms with van der Waals surface area (Å²) in [6.45, 7) is 4.64. The molecule has 0 spiro atoms. The maximum Gasteiger partial charge on any atom is 0.191 e. The molecule has 0 radical (unpaired) electrons. The highest BCUT2D eigenvalue weighted by Crippen LogP contribution is 2.24. The molecule has 1 aliphatic heterocycles. The minimum Gasteiger partial charge on any atom is -0.488 e. The Labute approximate surface area is 206 Å². The molecular formula is C24H30IN5O2. The zero-order chi connectivity index (χ0) is 21.5. The van der Waals surface area contributed by atoms with Gasteiger partial charge in [0.2, 0.25) is 0 Å². The molecule has 4 rings (SSSR count). The van der Waals surface area contributed by atoms with E-state index in [9.17, 15) is 0 Å². The number of halogens is 1. The lowest BCUT2D eigenvalue weighted by Crippen LogP contribution is -2.36. The fraction of sp³-hybridized carbons (Fsp3) is 0.333. The summed E-state index contributed by atoms with van der Waals surface area (Å²) in [5.41, 5.74) is 4.37. The topological polar surface area (TPSA) is 83.6 Å². The Balaban J connectivity index is 0.00000289. The molecule has 32 heavy (non-hydrogen) atoms. The molecule has 3 aromatic rings. The van der Waals surface area contributed by atoms with Crippen LogP contribution in [0.5, 0.6) is 5.75 Å². The monoisotopic (exact) mass is 547 g/mol. The second kappa shape index (κ2) is 11.9. The molecule has 1 atom stereocenters. The van der Waals surface area contributed by atoms with Crippen molar-refractivity contribution < 1.29 is 9.47 Å². The predicted molar refractivity (Wildman–Crippen MR) is 138 cm³/mol. The second-order valence-corrected chi connectivity index (χ2v) is 7.60. The van der Waals surface area contributed by atoms with Crippen LogP contribution in [0.25, 0.3) is 11.3 Å². The molecule has 1 unspecified atom stereocenters. The molecule has 1 aliphatic rings. The van der Waals surface area contributed by atoms with Gasteiger partial charge in [0.25, 0.3) is 0 Å². The largest absolute Gasteiger partial charge is 0.488 e. The van der Waals surface area contributed by atoms with Crippen molar-refractivity contribution in [2.45, 2.75) is 32.5 Å². The summed E-state index contributed by atoms with van der Waals surface area (Å²) in [5.74, 6) is 2.45. The lowest BCUT2D eigenvalue weighted by molar-refractivity contribution is 0.140. The molecule has 2 aromatic carbocycles. The van der Waals surface area contributed by atoms with Gasteiger partial charge in [-0.1, -0.05) is 42.5 Å². The van der Waals surface area contributed by atoms with Crippen molar-refractivity contribution in [3.8, 4) is 17.0 Å². The summed E-state index contributed by atoms with van der Waals surface area (Å²) < 4.78 is 11.6. The number of rotatable bonds is 7. The Hall–Kier alpha value is -2.59. The first-order valence-electron chi connectivity index (χ1n) is 10.6. The Kier molecular flexibility index (Phi) is 8.92. The van der Waals surface area contributed by atoms with Gasteiger partial charge >= 0.3 is 0 Å². The Morgan fingerprint density at radius 1 is 1.19 bits per heavy atom. The Morgan fingerprint density at radius 2 is 2.00 bits per heavy atom. The van der Waals surface area contributed by atoms with Gasteiger partial charge in [-0.2, -0.15) is 0 Å². The van der Waals surface area contributed by atoms with E-state index < -0.39 is 0 Å². The van der Waals surface area contributed by atoms with Crippen LogP contribution in [0.4, 0.5) is 0 Å². The molecule has 3 N–H and O–H groups in total. The van der Waals surface area contributed by atoms with E-state index in [1.54, 1.807) is 7.05 Å². The van der Waals surface area contributed by atoms with Crippen LogP contribution in [-0.4, -0.2) is 42.3 Å². The lowest BCUT2D eigenvalue weighted by Gasteiger charge is -2.18. The number of ether oxygens (including phenoxy) is 2. The van der Waals surface area contributed by atoms with Gasteiger partial charge in [-0.3, -0.25) is 4.99 Å². The number of aromatic amines is 1. The number of nitrogens with one attached hydrogen (secondary N) is 3. The second-order valence-electron chi connectivity index (χ2n) is 7.60. The van der Waals surface area contributed by atoms with Gasteiger partial charge < -0.3 is 25.1 Å². The first-order chi connectivity index (χ1) is 15.2. The van der Waals surface area contributed by atoms with Crippen LogP contribution in [0.1, 0.15) is 23.4 Å². The van der Waals surface area contributed by atoms with Gasteiger partial charge in [-0.15, -0.1) is 24.0 Å². The van der Waals surface area contributed by atoms with Crippen molar-refractivity contribution in [2.75, 3.05) is 20.3 Å². The molecule has 1 fully saturated rings. The quantitative estimate of drug-likeness (QED) is 0.236. The predicted octanol–water partition coefficient (Wildman–Crippen LogP) is 4.04. The van der Waals surface area contributed by atoms with Crippen LogP contribution in [-0.2, 0) is 17.8 Å². The third-order valence-electron chi connectivity index (χ3n) is 5.21. The number of aliphatic imine (C=N–C) groups is 1. The van der Waals surface area contributed by atoms with Crippen LogP contribution >= 0.6 is 24.0 Å². The fourth-order valence-electron chi connectivity index (χ4n) is 3.49. The first-order valence-corrected chi connectivity index (χ1v) is 10.6. The van der Waals surface area contributed by atoms with E-state index in [0.717, 1.165) is 41.4 Å². The number of aryl methyl sites for hydroxylation is 1. The summed E-state index contributed by atoms with van der Waals surface area (Å²) >= 11 is 0. The fourth-order valence-corrected chi connectivity index (χ4v) is 3.49. The van der Waals surface area contributed by atoms with Crippen molar-refractivity contribution in [2.24, 2.45) is 4.99 Å². The number of nitrogens with zero attached hydrogens (tertiary/aromatic N) is 2. The van der Waals surface area contributed by atoms with Crippen molar-refractivity contribution in [3.05, 3.63) is 71.7 Å². The van der Waals surface area contributed by atoms with Gasteiger partial charge in [-0.05, 0) is 24.1 Å². The highest BCUT2D eigenvalue weighted by molar-refractivity contribution is 14.0. The smallest absolute Gasteiger partial charge is 0.191 e. The van der Waals surface area contributed by atoms with Crippen molar-refractivity contribution in [1.29, 1.82) is 0 Å². The molecule has 1 aromatic heterocycles. The van der Waals surface area contributed by atoms with E-state index >= 15 is 0 Å². The minimum atomic E-state index is 0. The van der Waals surface area contributed by atoms with E-state index in [2.05, 4.69) is 62.8 Å². The molecule has 170 valence electrons. The Bertz CT molecular complexity index is 1020. The minimum absolute atomic E-state index is 0. The van der Waals surface area contributed by atoms with E-state index in [4.69, 9.17) is 9.47 Å². The molecule has 0 aliphatic carbocycles. The summed E-state index contributed by atoms with van der Waals surface area (Å²) in [6, 6.07) is 16.4. The highest BCUT2D eigenvalue weighted by atomic mass is 127. The molecule has 2 heterocycles. The van der Waals surface area contributed by atoms with E-state index in [0.29, 0.717) is 25.7 Å². The third kappa shape index (κ3) is 6.46. The summed E-state index contributed by atoms with van der Waals surface area (Å²) in [6.07, 6.45) is 2.90. The molecule has 0 bridgehead atoms. The van der Waals surface area contributed by atoms with Gasteiger partial charge in [0, 0.05) is 25.6 Å². The standard InChI is InChI=1S/C24H29N5O2.HI/c1-17-8-9-19(22(12-17)31-20-10-11-30-16-20)13-27-24(25-2)28-15-23-26-14-21(29-23)18-6-4-3-5-7-18;/h3-9,12,14,20H,10-11,13,15-16H2,1-2H3,(H,26,29)(H2,25,27,28);1H. The van der Waals surface area contributed by atoms with Crippen LogP contribution in [0.2, 0.25) is 0 Å². The van der Waals surface area contributed by atoms with Crippen molar-refractivity contribution >= 4 is 29.9 Å². The van der Waals surface area contributed by atoms with Gasteiger partial charge in [-0.25, -0.2) is 4.98 Å². The third-order valence-corrected chi connectivity index (χ3v) is 5.21. The van der Waals surface area contributed by atoms with Gasteiger partial charge in [0.05, 0.1) is 31.6 Å². The summed E-state index contributed by atoms with van der Waals surface area (Å²) in [7, 11) is 1.76. The van der Waals surface area contributed by atoms with E-state index in [-0.39, 0.29) is 30.1 Å². The maximum absolute atomic E-state index is 6.19. The van der Waals surface area contributed by atoms with E-state index in [1.165, 1.54) is 5.56 Å². The van der Waals surface area contributed by atoms with Gasteiger partial charge in [0.1, 0.15) is 17.7 Å². The Morgan fingerprint density at radius 3 is 2.75 bits per heavy atom. The first kappa shape index (κ1) is 24.1. The zero-order valence-electron chi connectivity index (χ0n) is 18.4. The van der Waals surface area contributed by atoms with Crippen molar-refractivity contribution in [1.82, 2.24) is 20.6 Å². The number of benzene rings is 2. The van der Waals surface area contributed by atoms with Crippen LogP contribution in [0.3, 0.4) is 0 Å². The molecule has 8 heteroatoms. The molecule has 0 saturated carbocycles. The van der Waals surface area contributed by atoms with Gasteiger partial charge in [0.15, 0.2) is 5.96 Å². The highest BCUT2D eigenvalue weighted by Gasteiger charge is 2.18. The molecule has 1 saturated heterocycles. The van der Waals surface area contributed by atoms with Crippen LogP contribution in [0.15, 0.2) is 59.7 Å². The van der Waals surface area contributed by atoms with Crippen LogP contribution in [0, 0.1) is 6.92 Å². The maximum atomic E-state index is 6.19. The average Bonchev–Trinajstić information content (AvgIpc) is 3.48. The number of aromatic nitrogens is 2. The SMILES string of the molecule is CN=C(NCc1ncc(-c2ccccc2)[nH]1)NCc1ccc(C)cc1OC1CCOC1.I. The van der Waals surface area contributed by atoms with Crippen LogP contribution < -0.4 is 15.4 Å².